The average Bonchev–Trinajstić information content (AvgIpc) is 2.41. The van der Waals surface area contributed by atoms with E-state index in [0.29, 0.717) is 15.7 Å². The van der Waals surface area contributed by atoms with Crippen molar-refractivity contribution < 1.29 is 9.31 Å². The molecule has 2 rings (SSSR count). The number of nitro benzene ring substituents is 1. The Kier molecular flexibility index (Phi) is 4.34. The Morgan fingerprint density at radius 1 is 1.30 bits per heavy atom. The van der Waals surface area contributed by atoms with Crippen LogP contribution in [0.3, 0.4) is 0 Å². The number of hydrogen-bond acceptors (Lipinski definition) is 3. The first-order chi connectivity index (χ1) is 9.49. The first-order valence-electron chi connectivity index (χ1n) is 5.87. The highest BCUT2D eigenvalue weighted by Gasteiger charge is 2.18. The van der Waals surface area contributed by atoms with E-state index < -0.39 is 4.92 Å². The van der Waals surface area contributed by atoms with E-state index in [1.54, 1.807) is 42.3 Å². The Hall–Kier alpha value is -1.95. The maximum atomic E-state index is 13.6. The van der Waals surface area contributed by atoms with Gasteiger partial charge in [0.15, 0.2) is 0 Å². The second kappa shape index (κ2) is 6.00. The molecule has 2 aromatic rings. The molecule has 0 N–H and O–H groups in total. The fourth-order valence-electron chi connectivity index (χ4n) is 1.93. The Balaban J connectivity index is 2.32. The van der Waals surface area contributed by atoms with Crippen LogP contribution in [0.25, 0.3) is 0 Å². The molecule has 0 bridgehead atoms. The van der Waals surface area contributed by atoms with Gasteiger partial charge in [-0.15, -0.1) is 0 Å². The fourth-order valence-corrected chi connectivity index (χ4v) is 2.28. The normalized spacial score (nSPS) is 10.3. The van der Waals surface area contributed by atoms with E-state index >= 15 is 0 Å². The lowest BCUT2D eigenvalue weighted by molar-refractivity contribution is -0.384. The molecule has 0 saturated carbocycles. The first kappa shape index (κ1) is 14.5. The van der Waals surface area contributed by atoms with Crippen LogP contribution in [-0.4, -0.2) is 12.0 Å². The van der Waals surface area contributed by atoms with Crippen LogP contribution >= 0.6 is 15.9 Å². The van der Waals surface area contributed by atoms with E-state index in [0.717, 1.165) is 0 Å². The van der Waals surface area contributed by atoms with Crippen LogP contribution in [0.2, 0.25) is 0 Å². The van der Waals surface area contributed by atoms with Gasteiger partial charge in [-0.1, -0.05) is 34.1 Å². The van der Waals surface area contributed by atoms with E-state index in [2.05, 4.69) is 15.9 Å². The summed E-state index contributed by atoms with van der Waals surface area (Å²) in [6, 6.07) is 11.2. The number of halogens is 2. The van der Waals surface area contributed by atoms with Crippen LogP contribution in [0.5, 0.6) is 0 Å². The van der Waals surface area contributed by atoms with E-state index in [1.165, 1.54) is 12.1 Å². The lowest BCUT2D eigenvalue weighted by Crippen LogP contribution is -2.18. The molecule has 0 aromatic heterocycles. The maximum absolute atomic E-state index is 13.6. The summed E-state index contributed by atoms with van der Waals surface area (Å²) in [7, 11) is 1.70. The van der Waals surface area contributed by atoms with Crippen molar-refractivity contribution in [2.45, 2.75) is 6.54 Å². The minimum Gasteiger partial charge on any atom is -0.365 e. The largest absolute Gasteiger partial charge is 0.365 e. The molecule has 0 aliphatic heterocycles. The zero-order chi connectivity index (χ0) is 14.7. The smallest absolute Gasteiger partial charge is 0.293 e. The van der Waals surface area contributed by atoms with E-state index in [1.807, 2.05) is 0 Å². The minimum absolute atomic E-state index is 0.0155. The molecule has 0 spiro atoms. The van der Waals surface area contributed by atoms with Gasteiger partial charge in [0.2, 0.25) is 0 Å². The molecule has 6 heteroatoms. The van der Waals surface area contributed by atoms with Gasteiger partial charge >= 0.3 is 0 Å². The van der Waals surface area contributed by atoms with E-state index in [4.69, 9.17) is 0 Å². The van der Waals surface area contributed by atoms with Crippen molar-refractivity contribution in [2.24, 2.45) is 0 Å². The topological polar surface area (TPSA) is 46.4 Å². The van der Waals surface area contributed by atoms with Crippen molar-refractivity contribution in [3.05, 3.63) is 68.4 Å². The van der Waals surface area contributed by atoms with Gasteiger partial charge in [0.05, 0.1) is 4.92 Å². The zero-order valence-corrected chi connectivity index (χ0v) is 12.3. The number of hydrogen-bond donors (Lipinski definition) is 0. The molecule has 0 atom stereocenters. The van der Waals surface area contributed by atoms with Crippen LogP contribution in [0.1, 0.15) is 5.56 Å². The lowest BCUT2D eigenvalue weighted by atomic mass is 10.2. The van der Waals surface area contributed by atoms with Crippen LogP contribution in [0, 0.1) is 15.9 Å². The van der Waals surface area contributed by atoms with Crippen molar-refractivity contribution in [3.63, 3.8) is 0 Å². The summed E-state index contributed by atoms with van der Waals surface area (Å²) in [5.74, 6) is -0.320. The molecular formula is C14H12BrFN2O2. The molecular weight excluding hydrogens is 327 g/mol. The average molecular weight is 339 g/mol. The molecule has 0 fully saturated rings. The van der Waals surface area contributed by atoms with Gasteiger partial charge in [-0.2, -0.15) is 0 Å². The quantitative estimate of drug-likeness (QED) is 0.621. The van der Waals surface area contributed by atoms with Crippen LogP contribution in [0.15, 0.2) is 46.9 Å². The second-order valence-electron chi connectivity index (χ2n) is 4.34. The standard InChI is InChI=1S/C14H12BrFN2O2/c1-17(9-10-4-2-3-5-12(10)16)13-7-6-11(15)8-14(13)18(19)20/h2-8H,9H2,1H3. The summed E-state index contributed by atoms with van der Waals surface area (Å²) in [5.41, 5.74) is 0.923. The van der Waals surface area contributed by atoms with Crippen molar-refractivity contribution in [3.8, 4) is 0 Å². The van der Waals surface area contributed by atoms with Crippen LogP contribution in [0.4, 0.5) is 15.8 Å². The molecule has 104 valence electrons. The van der Waals surface area contributed by atoms with Gasteiger partial charge in [0.1, 0.15) is 11.5 Å². The van der Waals surface area contributed by atoms with Crippen molar-refractivity contribution >= 4 is 27.3 Å². The summed E-state index contributed by atoms with van der Waals surface area (Å²) >= 11 is 3.21. The summed E-state index contributed by atoms with van der Waals surface area (Å²) in [5, 5.41) is 11.1. The maximum Gasteiger partial charge on any atom is 0.293 e. The van der Waals surface area contributed by atoms with Gasteiger partial charge in [-0.05, 0) is 18.2 Å². The van der Waals surface area contributed by atoms with Gasteiger partial charge in [-0.25, -0.2) is 4.39 Å². The third-order valence-electron chi connectivity index (χ3n) is 2.91. The van der Waals surface area contributed by atoms with Crippen molar-refractivity contribution in [1.82, 2.24) is 0 Å². The van der Waals surface area contributed by atoms with Gasteiger partial charge < -0.3 is 4.90 Å². The molecule has 0 heterocycles. The number of benzene rings is 2. The highest BCUT2D eigenvalue weighted by atomic mass is 79.9. The molecule has 2 aromatic carbocycles. The van der Waals surface area contributed by atoms with Gasteiger partial charge in [0.25, 0.3) is 5.69 Å². The van der Waals surface area contributed by atoms with Crippen molar-refractivity contribution in [1.29, 1.82) is 0 Å². The summed E-state index contributed by atoms with van der Waals surface area (Å²) in [4.78, 5) is 12.3. The molecule has 0 radical (unpaired) electrons. The number of rotatable bonds is 4. The first-order valence-corrected chi connectivity index (χ1v) is 6.67. The summed E-state index contributed by atoms with van der Waals surface area (Å²) in [6.45, 7) is 0.259. The Bertz CT molecular complexity index is 649. The van der Waals surface area contributed by atoms with Crippen molar-refractivity contribution in [2.75, 3.05) is 11.9 Å². The predicted molar refractivity (Wildman–Crippen MR) is 79.3 cm³/mol. The van der Waals surface area contributed by atoms with Gasteiger partial charge in [0, 0.05) is 29.7 Å². The highest BCUT2D eigenvalue weighted by molar-refractivity contribution is 9.10. The zero-order valence-electron chi connectivity index (χ0n) is 10.7. The molecule has 0 saturated heterocycles. The molecule has 20 heavy (non-hydrogen) atoms. The van der Waals surface area contributed by atoms with Crippen LogP contribution in [-0.2, 0) is 6.54 Å². The molecule has 0 unspecified atom stereocenters. The molecule has 0 amide bonds. The fraction of sp³-hybridized carbons (Fsp3) is 0.143. The molecule has 0 aliphatic carbocycles. The summed E-state index contributed by atoms with van der Waals surface area (Å²) in [6.07, 6.45) is 0. The Morgan fingerprint density at radius 3 is 2.65 bits per heavy atom. The lowest BCUT2D eigenvalue weighted by Gasteiger charge is -2.19. The van der Waals surface area contributed by atoms with Gasteiger partial charge in [-0.3, -0.25) is 10.1 Å². The number of anilines is 1. The SMILES string of the molecule is CN(Cc1ccccc1F)c1ccc(Br)cc1[N+](=O)[O-]. The highest BCUT2D eigenvalue weighted by Crippen LogP contribution is 2.31. The number of nitro groups is 1. The predicted octanol–water partition coefficient (Wildman–Crippen LogP) is 4.13. The third kappa shape index (κ3) is 3.14. The minimum atomic E-state index is -0.446. The monoisotopic (exact) mass is 338 g/mol. The third-order valence-corrected chi connectivity index (χ3v) is 3.40. The summed E-state index contributed by atoms with van der Waals surface area (Å²) < 4.78 is 14.3. The second-order valence-corrected chi connectivity index (χ2v) is 5.25. The number of nitrogens with zero attached hydrogens (tertiary/aromatic N) is 2. The Labute approximate surface area is 124 Å². The molecule has 0 aliphatic rings. The molecule has 4 nitrogen and oxygen atoms in total. The Morgan fingerprint density at radius 2 is 2.00 bits per heavy atom. The van der Waals surface area contributed by atoms with E-state index in [-0.39, 0.29) is 18.0 Å². The van der Waals surface area contributed by atoms with E-state index in [9.17, 15) is 14.5 Å². The van der Waals surface area contributed by atoms with Crippen LogP contribution < -0.4 is 4.90 Å².